The standard InChI is InChI=1S/C49H42N4O6/c1-52(2)33-18-14-31(15-19-33)50-51-32-16-20-34(21-17-32)53-47(57)38-25-24-36-40(44(38)48(53)58)27-41-46(56)39(29-10-6-4-7-11-29)28-43(55)49(41,30-12-8-5-9-13-30)45(36)37-23-22-35(59-3)26-42(37)54/h4-24,26,28,38,40-41,44-45,54H,25,27H2,1-3H3/t38-,40+,41-,44-,45+,49-/m0/s1. The maximum atomic E-state index is 15.2. The van der Waals surface area contributed by atoms with Gasteiger partial charge in [-0.25, -0.2) is 0 Å². The first kappa shape index (κ1) is 37.6. The molecule has 4 aliphatic rings. The topological polar surface area (TPSA) is 129 Å². The summed E-state index contributed by atoms with van der Waals surface area (Å²) >= 11 is 0. The number of methoxy groups -OCH3 is 1. The Kier molecular flexibility index (Phi) is 9.42. The van der Waals surface area contributed by atoms with Gasteiger partial charge in [-0.3, -0.25) is 24.1 Å². The third kappa shape index (κ3) is 6.09. The van der Waals surface area contributed by atoms with Gasteiger partial charge in [0, 0.05) is 48.8 Å². The number of amides is 2. The van der Waals surface area contributed by atoms with E-state index in [0.717, 1.165) is 11.3 Å². The zero-order valence-corrected chi connectivity index (χ0v) is 32.9. The molecule has 2 amide bonds. The summed E-state index contributed by atoms with van der Waals surface area (Å²) in [7, 11) is 5.44. The second-order valence-electron chi connectivity index (χ2n) is 15.9. The number of allylic oxidation sites excluding steroid dienone is 4. The van der Waals surface area contributed by atoms with E-state index < -0.39 is 35.0 Å². The molecule has 1 saturated heterocycles. The highest BCUT2D eigenvalue weighted by atomic mass is 16.5. The van der Waals surface area contributed by atoms with E-state index in [1.807, 2.05) is 110 Å². The molecule has 0 unspecified atom stereocenters. The Balaban J connectivity index is 1.13. The van der Waals surface area contributed by atoms with Crippen LogP contribution in [0.4, 0.5) is 22.7 Å². The Morgan fingerprint density at radius 2 is 1.41 bits per heavy atom. The van der Waals surface area contributed by atoms with Gasteiger partial charge in [-0.1, -0.05) is 78.4 Å². The van der Waals surface area contributed by atoms with Crippen LogP contribution in [0, 0.1) is 23.7 Å². The quantitative estimate of drug-likeness (QED) is 0.0946. The lowest BCUT2D eigenvalue weighted by atomic mass is 9.44. The average molecular weight is 783 g/mol. The summed E-state index contributed by atoms with van der Waals surface area (Å²) in [6.07, 6.45) is 3.87. The lowest BCUT2D eigenvalue weighted by Gasteiger charge is -2.55. The number of hydrogen-bond donors (Lipinski definition) is 1. The number of ether oxygens (including phenoxy) is 1. The minimum Gasteiger partial charge on any atom is -0.508 e. The molecule has 10 nitrogen and oxygen atoms in total. The predicted octanol–water partition coefficient (Wildman–Crippen LogP) is 8.91. The van der Waals surface area contributed by atoms with E-state index in [1.165, 1.54) is 24.2 Å². The number of phenols is 1. The first-order valence-electron chi connectivity index (χ1n) is 19.8. The van der Waals surface area contributed by atoms with Gasteiger partial charge in [-0.15, -0.1) is 0 Å². The van der Waals surface area contributed by atoms with Gasteiger partial charge in [0.05, 0.1) is 41.4 Å². The van der Waals surface area contributed by atoms with Crippen LogP contribution in [0.5, 0.6) is 11.5 Å². The zero-order chi connectivity index (χ0) is 41.0. The number of imide groups is 1. The number of hydrogen-bond acceptors (Lipinski definition) is 9. The molecule has 0 bridgehead atoms. The van der Waals surface area contributed by atoms with Crippen LogP contribution in [-0.4, -0.2) is 49.7 Å². The molecule has 5 aromatic rings. The van der Waals surface area contributed by atoms with E-state index in [4.69, 9.17) is 4.74 Å². The second-order valence-corrected chi connectivity index (χ2v) is 15.9. The highest BCUT2D eigenvalue weighted by molar-refractivity contribution is 6.32. The van der Waals surface area contributed by atoms with Crippen molar-refractivity contribution in [2.45, 2.75) is 24.2 Å². The molecule has 5 aromatic carbocycles. The van der Waals surface area contributed by atoms with Gasteiger partial charge < -0.3 is 14.7 Å². The Labute approximate surface area is 342 Å². The normalized spacial score (nSPS) is 24.9. The van der Waals surface area contributed by atoms with Crippen molar-refractivity contribution >= 4 is 51.7 Å². The molecule has 1 saturated carbocycles. The number of phenolic OH excluding ortho intramolecular Hbond substituents is 1. The van der Waals surface area contributed by atoms with Crippen molar-refractivity contribution in [1.29, 1.82) is 0 Å². The number of fused-ring (bicyclic) bond motifs is 4. The number of carbonyl (C=O) groups is 4. The van der Waals surface area contributed by atoms with Crippen LogP contribution < -0.4 is 14.5 Å². The van der Waals surface area contributed by atoms with Crippen molar-refractivity contribution in [3.63, 3.8) is 0 Å². The van der Waals surface area contributed by atoms with Crippen molar-refractivity contribution in [2.24, 2.45) is 33.9 Å². The molecule has 10 heteroatoms. The smallest absolute Gasteiger partial charge is 0.238 e. The van der Waals surface area contributed by atoms with Gasteiger partial charge in [0.15, 0.2) is 11.6 Å². The van der Waals surface area contributed by atoms with Crippen LogP contribution in [0.25, 0.3) is 5.57 Å². The third-order valence-corrected chi connectivity index (χ3v) is 12.7. The molecule has 9 rings (SSSR count). The largest absolute Gasteiger partial charge is 0.508 e. The van der Waals surface area contributed by atoms with Crippen LogP contribution in [0.2, 0.25) is 0 Å². The number of azo groups is 1. The Morgan fingerprint density at radius 1 is 0.763 bits per heavy atom. The van der Waals surface area contributed by atoms with Crippen LogP contribution in [-0.2, 0) is 24.6 Å². The molecule has 59 heavy (non-hydrogen) atoms. The lowest BCUT2D eigenvalue weighted by molar-refractivity contribution is -0.135. The van der Waals surface area contributed by atoms with Crippen molar-refractivity contribution in [3.05, 3.63) is 162 Å². The summed E-state index contributed by atoms with van der Waals surface area (Å²) in [6.45, 7) is 0. The maximum Gasteiger partial charge on any atom is 0.238 e. The number of benzene rings is 5. The molecule has 6 atom stereocenters. The number of rotatable bonds is 8. The summed E-state index contributed by atoms with van der Waals surface area (Å²) in [4.78, 5) is 62.8. The molecular formula is C49H42N4O6. The van der Waals surface area contributed by atoms with Crippen LogP contribution in [0.3, 0.4) is 0 Å². The minimum absolute atomic E-state index is 0.0940. The van der Waals surface area contributed by atoms with E-state index in [-0.39, 0.29) is 42.0 Å². The molecular weight excluding hydrogens is 741 g/mol. The molecule has 3 aliphatic carbocycles. The van der Waals surface area contributed by atoms with Crippen molar-refractivity contribution in [2.75, 3.05) is 31.0 Å². The molecule has 0 spiro atoms. The van der Waals surface area contributed by atoms with E-state index in [0.29, 0.717) is 45.1 Å². The van der Waals surface area contributed by atoms with Crippen molar-refractivity contribution in [3.8, 4) is 11.5 Å². The lowest BCUT2D eigenvalue weighted by Crippen LogP contribution is -2.58. The number of aromatic hydroxyl groups is 1. The molecule has 0 aromatic heterocycles. The summed E-state index contributed by atoms with van der Waals surface area (Å²) in [5, 5.41) is 20.5. The van der Waals surface area contributed by atoms with Crippen molar-refractivity contribution < 1.29 is 29.0 Å². The maximum absolute atomic E-state index is 15.2. The van der Waals surface area contributed by atoms with Gasteiger partial charge in [0.2, 0.25) is 11.8 Å². The van der Waals surface area contributed by atoms with E-state index in [9.17, 15) is 14.7 Å². The SMILES string of the molecule is COc1ccc([C@H]2C3=CC[C@@H]4C(=O)N(c5ccc(N=Nc6ccc(N(C)C)cc6)cc5)C(=O)[C@@H]4[C@@H]3C[C@H]3C(=O)C(c4ccccc4)=CC(=O)[C@@]23c2ccccc2)c(O)c1. The minimum atomic E-state index is -1.46. The summed E-state index contributed by atoms with van der Waals surface area (Å²) < 4.78 is 5.44. The fraction of sp³-hybridized carbons (Fsp3) is 0.224. The van der Waals surface area contributed by atoms with Gasteiger partial charge >= 0.3 is 0 Å². The van der Waals surface area contributed by atoms with E-state index in [1.54, 1.807) is 36.4 Å². The molecule has 294 valence electrons. The van der Waals surface area contributed by atoms with E-state index >= 15 is 9.59 Å². The van der Waals surface area contributed by atoms with Crippen LogP contribution in [0.1, 0.15) is 35.4 Å². The average Bonchev–Trinajstić information content (AvgIpc) is 3.52. The van der Waals surface area contributed by atoms with Gasteiger partial charge in [-0.05, 0) is 90.6 Å². The molecule has 1 N–H and O–H groups in total. The van der Waals surface area contributed by atoms with Gasteiger partial charge in [-0.2, -0.15) is 10.2 Å². The third-order valence-electron chi connectivity index (χ3n) is 12.7. The number of carbonyl (C=O) groups excluding carboxylic acids is 4. The Hall–Kier alpha value is -6.94. The summed E-state index contributed by atoms with van der Waals surface area (Å²) in [6, 6.07) is 38.0. The fourth-order valence-electron chi connectivity index (χ4n) is 9.97. The number of anilines is 2. The molecule has 1 aliphatic heterocycles. The molecule has 1 heterocycles. The van der Waals surface area contributed by atoms with Crippen LogP contribution >= 0.6 is 0 Å². The monoisotopic (exact) mass is 782 g/mol. The number of ketones is 2. The number of nitrogens with zero attached hydrogens (tertiary/aromatic N) is 4. The van der Waals surface area contributed by atoms with E-state index in [2.05, 4.69) is 10.2 Å². The highest BCUT2D eigenvalue weighted by Crippen LogP contribution is 2.64. The van der Waals surface area contributed by atoms with Crippen LogP contribution in [0.15, 0.2) is 155 Å². The fourth-order valence-corrected chi connectivity index (χ4v) is 9.97. The zero-order valence-electron chi connectivity index (χ0n) is 32.9. The summed E-state index contributed by atoms with van der Waals surface area (Å²) in [5.41, 5.74) is 4.04. The van der Waals surface area contributed by atoms with Gasteiger partial charge in [0.25, 0.3) is 0 Å². The van der Waals surface area contributed by atoms with Crippen molar-refractivity contribution in [1.82, 2.24) is 0 Å². The predicted molar refractivity (Wildman–Crippen MR) is 225 cm³/mol. The highest BCUT2D eigenvalue weighted by Gasteiger charge is 2.66. The number of Topliss-reactive ketones (excluding diaryl/α,β-unsaturated/α-hetero) is 1. The van der Waals surface area contributed by atoms with Gasteiger partial charge in [0.1, 0.15) is 11.5 Å². The molecule has 2 fully saturated rings. The first-order chi connectivity index (χ1) is 28.6. The molecule has 0 radical (unpaired) electrons. The second kappa shape index (κ2) is 14.8. The first-order valence-corrected chi connectivity index (χ1v) is 19.8. The Morgan fingerprint density at radius 3 is 2.03 bits per heavy atom. The summed E-state index contributed by atoms with van der Waals surface area (Å²) in [5.74, 6) is -4.63. The Bertz CT molecular complexity index is 2580.